The average molecular weight is 242 g/mol. The van der Waals surface area contributed by atoms with E-state index in [4.69, 9.17) is 17.1 Å². The summed E-state index contributed by atoms with van der Waals surface area (Å²) in [4.78, 5) is 7.95. The highest BCUT2D eigenvalue weighted by Gasteiger charge is 2.01. The molecule has 0 spiro atoms. The smallest absolute Gasteiger partial charge is 0.211 e. The number of aromatic nitrogens is 2. The molecule has 0 unspecified atom stereocenters. The summed E-state index contributed by atoms with van der Waals surface area (Å²) in [6, 6.07) is 3.23. The Hall–Kier alpha value is -1.69. The maximum Gasteiger partial charge on any atom is 0.211 e. The molecule has 0 aliphatic heterocycles. The number of benzene rings is 1. The second-order valence-electron chi connectivity index (χ2n) is 3.14. The third-order valence-electron chi connectivity index (χ3n) is 1.91. The SMILES string of the molecule is Fc1cc(F)cc(COn2cc[nH]c2=S)c1. The van der Waals surface area contributed by atoms with Crippen molar-refractivity contribution < 1.29 is 13.6 Å². The van der Waals surface area contributed by atoms with Crippen molar-refractivity contribution in [3.05, 3.63) is 52.6 Å². The minimum Gasteiger partial charge on any atom is -0.407 e. The van der Waals surface area contributed by atoms with Gasteiger partial charge in [-0.15, -0.1) is 0 Å². The van der Waals surface area contributed by atoms with E-state index in [0.717, 1.165) is 6.07 Å². The fourth-order valence-corrected chi connectivity index (χ4v) is 1.43. The molecule has 1 aromatic heterocycles. The first-order valence-corrected chi connectivity index (χ1v) is 4.90. The van der Waals surface area contributed by atoms with Gasteiger partial charge in [-0.2, -0.15) is 4.73 Å². The van der Waals surface area contributed by atoms with Crippen LogP contribution in [0.15, 0.2) is 30.6 Å². The molecular weight excluding hydrogens is 234 g/mol. The fourth-order valence-electron chi connectivity index (χ4n) is 1.25. The molecule has 1 aromatic carbocycles. The molecular formula is C10H8F2N2OS. The van der Waals surface area contributed by atoms with E-state index in [1.165, 1.54) is 16.9 Å². The van der Waals surface area contributed by atoms with Gasteiger partial charge in [0.1, 0.15) is 18.2 Å². The van der Waals surface area contributed by atoms with Crippen LogP contribution in [-0.2, 0) is 6.61 Å². The van der Waals surface area contributed by atoms with Crippen molar-refractivity contribution in [3.63, 3.8) is 0 Å². The third-order valence-corrected chi connectivity index (χ3v) is 2.21. The molecule has 0 saturated carbocycles. The number of halogens is 2. The maximum absolute atomic E-state index is 12.8. The Labute approximate surface area is 95.2 Å². The largest absolute Gasteiger partial charge is 0.407 e. The summed E-state index contributed by atoms with van der Waals surface area (Å²) < 4.78 is 27.4. The van der Waals surface area contributed by atoms with E-state index in [1.807, 2.05) is 0 Å². The number of imidazole rings is 1. The summed E-state index contributed by atoms with van der Waals surface area (Å²) in [7, 11) is 0. The van der Waals surface area contributed by atoms with Crippen LogP contribution in [0.4, 0.5) is 8.78 Å². The van der Waals surface area contributed by atoms with Crippen molar-refractivity contribution in [2.24, 2.45) is 0 Å². The Morgan fingerprint density at radius 3 is 2.50 bits per heavy atom. The molecule has 84 valence electrons. The number of rotatable bonds is 3. The van der Waals surface area contributed by atoms with Crippen LogP contribution < -0.4 is 4.84 Å². The molecule has 0 fully saturated rings. The standard InChI is InChI=1S/C10H8F2N2OS/c11-8-3-7(4-9(12)5-8)6-15-14-2-1-13-10(14)16/h1-5H,6H2,(H,13,16). The van der Waals surface area contributed by atoms with Gasteiger partial charge in [0, 0.05) is 12.3 Å². The number of nitrogens with one attached hydrogen (secondary N) is 1. The molecule has 0 amide bonds. The lowest BCUT2D eigenvalue weighted by Crippen LogP contribution is -2.10. The Morgan fingerprint density at radius 2 is 1.94 bits per heavy atom. The summed E-state index contributed by atoms with van der Waals surface area (Å²) in [6.45, 7) is 0.0425. The van der Waals surface area contributed by atoms with E-state index < -0.39 is 11.6 Å². The van der Waals surface area contributed by atoms with Crippen molar-refractivity contribution in [3.8, 4) is 0 Å². The van der Waals surface area contributed by atoms with E-state index in [0.29, 0.717) is 10.3 Å². The van der Waals surface area contributed by atoms with Crippen molar-refractivity contribution in [2.45, 2.75) is 6.61 Å². The van der Waals surface area contributed by atoms with Gasteiger partial charge in [0.2, 0.25) is 4.77 Å². The van der Waals surface area contributed by atoms with Gasteiger partial charge < -0.3 is 9.82 Å². The second-order valence-corrected chi connectivity index (χ2v) is 3.53. The Bertz CT molecular complexity index is 529. The van der Waals surface area contributed by atoms with E-state index in [2.05, 4.69) is 4.98 Å². The minimum absolute atomic E-state index is 0.0425. The highest BCUT2D eigenvalue weighted by molar-refractivity contribution is 7.71. The summed E-state index contributed by atoms with van der Waals surface area (Å²) in [5, 5.41) is 0. The van der Waals surface area contributed by atoms with E-state index >= 15 is 0 Å². The van der Waals surface area contributed by atoms with Crippen molar-refractivity contribution in [1.29, 1.82) is 0 Å². The molecule has 6 heteroatoms. The van der Waals surface area contributed by atoms with Gasteiger partial charge in [-0.1, -0.05) is 0 Å². The zero-order valence-corrected chi connectivity index (χ0v) is 8.93. The topological polar surface area (TPSA) is 29.9 Å². The summed E-state index contributed by atoms with van der Waals surface area (Å²) in [5.41, 5.74) is 0.403. The highest BCUT2D eigenvalue weighted by Crippen LogP contribution is 2.08. The molecule has 1 heterocycles. The molecule has 2 aromatic rings. The molecule has 0 aliphatic rings. The first kappa shape index (κ1) is 10.8. The zero-order chi connectivity index (χ0) is 11.5. The average Bonchev–Trinajstić information content (AvgIpc) is 2.59. The third kappa shape index (κ3) is 2.46. The van der Waals surface area contributed by atoms with E-state index in [1.54, 1.807) is 12.4 Å². The molecule has 0 radical (unpaired) electrons. The lowest BCUT2D eigenvalue weighted by atomic mass is 10.2. The van der Waals surface area contributed by atoms with Gasteiger partial charge in [0.05, 0.1) is 6.20 Å². The lowest BCUT2D eigenvalue weighted by molar-refractivity contribution is 0.0936. The van der Waals surface area contributed by atoms with Crippen LogP contribution in [0.3, 0.4) is 0 Å². The van der Waals surface area contributed by atoms with Crippen LogP contribution in [0.5, 0.6) is 0 Å². The number of hydrogen-bond donors (Lipinski definition) is 1. The van der Waals surface area contributed by atoms with Crippen molar-refractivity contribution >= 4 is 12.2 Å². The first-order chi connectivity index (χ1) is 7.65. The summed E-state index contributed by atoms with van der Waals surface area (Å²) >= 11 is 4.89. The Balaban J connectivity index is 2.10. The van der Waals surface area contributed by atoms with Gasteiger partial charge >= 0.3 is 0 Å². The first-order valence-electron chi connectivity index (χ1n) is 4.49. The second kappa shape index (κ2) is 4.44. The molecule has 0 saturated heterocycles. The number of H-pyrrole nitrogens is 1. The minimum atomic E-state index is -0.628. The van der Waals surface area contributed by atoms with Crippen LogP contribution in [0, 0.1) is 16.4 Å². The molecule has 3 nitrogen and oxygen atoms in total. The highest BCUT2D eigenvalue weighted by atomic mass is 32.1. The van der Waals surface area contributed by atoms with Crippen LogP contribution in [-0.4, -0.2) is 9.71 Å². The number of hydrogen-bond acceptors (Lipinski definition) is 2. The van der Waals surface area contributed by atoms with Crippen LogP contribution in [0.25, 0.3) is 0 Å². The number of aromatic amines is 1. The quantitative estimate of drug-likeness (QED) is 0.838. The van der Waals surface area contributed by atoms with Gasteiger partial charge in [-0.3, -0.25) is 0 Å². The summed E-state index contributed by atoms with van der Waals surface area (Å²) in [5.74, 6) is -1.26. The monoisotopic (exact) mass is 242 g/mol. The van der Waals surface area contributed by atoms with Gasteiger partial charge in [-0.05, 0) is 29.9 Å². The van der Waals surface area contributed by atoms with Crippen LogP contribution in [0.2, 0.25) is 0 Å². The molecule has 0 aliphatic carbocycles. The predicted molar refractivity (Wildman–Crippen MR) is 56.3 cm³/mol. The van der Waals surface area contributed by atoms with E-state index in [9.17, 15) is 8.78 Å². The fraction of sp³-hybridized carbons (Fsp3) is 0.100. The van der Waals surface area contributed by atoms with Gasteiger partial charge in [0.25, 0.3) is 0 Å². The molecule has 0 bridgehead atoms. The van der Waals surface area contributed by atoms with Gasteiger partial charge in [-0.25, -0.2) is 8.78 Å². The summed E-state index contributed by atoms with van der Waals surface area (Å²) in [6.07, 6.45) is 3.19. The van der Waals surface area contributed by atoms with E-state index in [-0.39, 0.29) is 6.61 Å². The Kier molecular flexibility index (Phi) is 3.00. The normalized spacial score (nSPS) is 10.4. The zero-order valence-electron chi connectivity index (χ0n) is 8.11. The van der Waals surface area contributed by atoms with Crippen LogP contribution in [0.1, 0.15) is 5.56 Å². The Morgan fingerprint density at radius 1 is 1.25 bits per heavy atom. The van der Waals surface area contributed by atoms with Gasteiger partial charge in [0.15, 0.2) is 0 Å². The van der Waals surface area contributed by atoms with Crippen molar-refractivity contribution in [1.82, 2.24) is 9.71 Å². The number of nitrogens with zero attached hydrogens (tertiary/aromatic N) is 1. The lowest BCUT2D eigenvalue weighted by Gasteiger charge is -2.06. The predicted octanol–water partition coefficient (Wildman–Crippen LogP) is 2.45. The molecule has 1 N–H and O–H groups in total. The van der Waals surface area contributed by atoms with Crippen molar-refractivity contribution in [2.75, 3.05) is 0 Å². The molecule has 16 heavy (non-hydrogen) atoms. The molecule has 0 atom stereocenters. The molecule has 2 rings (SSSR count). The maximum atomic E-state index is 12.8. The van der Waals surface area contributed by atoms with Crippen LogP contribution >= 0.6 is 12.2 Å².